The number of nitrogens with zero attached hydrogens (tertiary/aromatic N) is 1. The summed E-state index contributed by atoms with van der Waals surface area (Å²) in [5.74, 6) is -1.75. The number of aldehydes is 1. The second-order valence-corrected chi connectivity index (χ2v) is 2.94. The predicted octanol–water partition coefficient (Wildman–Crippen LogP) is 2.74. The van der Waals surface area contributed by atoms with Crippen molar-refractivity contribution in [1.82, 2.24) is 4.98 Å². The SMILES string of the molecule is COc1nc(C=O)c(C(F)F)cc1OC(F)(F)F. The highest BCUT2D eigenvalue weighted by atomic mass is 19.4. The van der Waals surface area contributed by atoms with E-state index in [1.165, 1.54) is 0 Å². The molecule has 1 heterocycles. The summed E-state index contributed by atoms with van der Waals surface area (Å²) < 4.78 is 68.9. The first-order chi connectivity index (χ1) is 8.28. The van der Waals surface area contributed by atoms with E-state index in [1.54, 1.807) is 0 Å². The number of ether oxygens (including phenoxy) is 2. The van der Waals surface area contributed by atoms with E-state index in [-0.39, 0.29) is 6.29 Å². The molecule has 0 aliphatic rings. The van der Waals surface area contributed by atoms with Crippen molar-refractivity contribution in [3.8, 4) is 11.6 Å². The molecule has 1 aromatic rings. The molecule has 0 N–H and O–H groups in total. The number of methoxy groups -OCH3 is 1. The fourth-order valence-electron chi connectivity index (χ4n) is 1.12. The second-order valence-electron chi connectivity index (χ2n) is 2.94. The minimum atomic E-state index is -5.09. The number of pyridine rings is 1. The number of carbonyl (C=O) groups is 1. The Kier molecular flexibility index (Phi) is 4.04. The molecule has 0 radical (unpaired) electrons. The molecule has 0 fully saturated rings. The van der Waals surface area contributed by atoms with Crippen LogP contribution in [0.25, 0.3) is 0 Å². The number of alkyl halides is 5. The van der Waals surface area contributed by atoms with E-state index in [2.05, 4.69) is 14.5 Å². The van der Waals surface area contributed by atoms with E-state index in [4.69, 9.17) is 0 Å². The van der Waals surface area contributed by atoms with Crippen LogP contribution in [0.1, 0.15) is 22.5 Å². The van der Waals surface area contributed by atoms with Gasteiger partial charge in [0.15, 0.2) is 12.0 Å². The average molecular weight is 271 g/mol. The van der Waals surface area contributed by atoms with Gasteiger partial charge in [-0.25, -0.2) is 13.8 Å². The summed E-state index contributed by atoms with van der Waals surface area (Å²) in [5.41, 5.74) is -1.68. The monoisotopic (exact) mass is 271 g/mol. The Morgan fingerprint density at radius 3 is 2.39 bits per heavy atom. The molecule has 4 nitrogen and oxygen atoms in total. The number of hydrogen-bond donors (Lipinski definition) is 0. The summed E-state index contributed by atoms with van der Waals surface area (Å²) in [6, 6.07) is 0.369. The predicted molar refractivity (Wildman–Crippen MR) is 47.8 cm³/mol. The number of aromatic nitrogens is 1. The summed E-state index contributed by atoms with van der Waals surface area (Å²) in [5, 5.41) is 0. The molecular formula is C9H6F5NO3. The van der Waals surface area contributed by atoms with Crippen molar-refractivity contribution in [1.29, 1.82) is 0 Å². The number of rotatable bonds is 4. The Morgan fingerprint density at radius 1 is 1.39 bits per heavy atom. The van der Waals surface area contributed by atoms with Crippen molar-refractivity contribution in [2.45, 2.75) is 12.8 Å². The first-order valence-corrected chi connectivity index (χ1v) is 4.36. The van der Waals surface area contributed by atoms with Crippen LogP contribution in [-0.4, -0.2) is 24.7 Å². The highest BCUT2D eigenvalue weighted by Crippen LogP contribution is 2.35. The molecule has 18 heavy (non-hydrogen) atoms. The van der Waals surface area contributed by atoms with Crippen LogP contribution in [0, 0.1) is 0 Å². The average Bonchev–Trinajstić information content (AvgIpc) is 2.26. The highest BCUT2D eigenvalue weighted by Gasteiger charge is 2.34. The smallest absolute Gasteiger partial charge is 0.478 e. The molecule has 1 rings (SSSR count). The van der Waals surface area contributed by atoms with Gasteiger partial charge in [0.1, 0.15) is 5.69 Å². The molecule has 0 atom stereocenters. The summed E-state index contributed by atoms with van der Waals surface area (Å²) in [4.78, 5) is 13.7. The fourth-order valence-corrected chi connectivity index (χ4v) is 1.12. The third-order valence-electron chi connectivity index (χ3n) is 1.78. The zero-order valence-electron chi connectivity index (χ0n) is 8.79. The maximum atomic E-state index is 12.5. The van der Waals surface area contributed by atoms with Crippen molar-refractivity contribution in [3.63, 3.8) is 0 Å². The Labute approximate surface area is 97.3 Å². The fraction of sp³-hybridized carbons (Fsp3) is 0.333. The van der Waals surface area contributed by atoms with Crippen LogP contribution in [0.4, 0.5) is 22.0 Å². The van der Waals surface area contributed by atoms with Gasteiger partial charge < -0.3 is 9.47 Å². The lowest BCUT2D eigenvalue weighted by Crippen LogP contribution is -2.18. The Morgan fingerprint density at radius 2 is 2.00 bits per heavy atom. The van der Waals surface area contributed by atoms with Gasteiger partial charge in [-0.15, -0.1) is 13.2 Å². The van der Waals surface area contributed by atoms with Gasteiger partial charge in [0.25, 0.3) is 12.3 Å². The molecule has 0 amide bonds. The Balaban J connectivity index is 3.32. The molecule has 0 saturated heterocycles. The molecule has 9 heteroatoms. The van der Waals surface area contributed by atoms with Crippen molar-refractivity contribution >= 4 is 6.29 Å². The Bertz CT molecular complexity index is 447. The van der Waals surface area contributed by atoms with Crippen LogP contribution >= 0.6 is 0 Å². The van der Waals surface area contributed by atoms with Crippen LogP contribution < -0.4 is 9.47 Å². The molecular weight excluding hydrogens is 265 g/mol. The zero-order valence-corrected chi connectivity index (χ0v) is 8.79. The lowest BCUT2D eigenvalue weighted by atomic mass is 10.2. The molecule has 1 aromatic heterocycles. The van der Waals surface area contributed by atoms with E-state index < -0.39 is 35.7 Å². The zero-order chi connectivity index (χ0) is 13.9. The molecule has 0 aliphatic heterocycles. The first-order valence-electron chi connectivity index (χ1n) is 4.36. The van der Waals surface area contributed by atoms with E-state index in [0.717, 1.165) is 7.11 Å². The lowest BCUT2D eigenvalue weighted by Gasteiger charge is -2.13. The van der Waals surface area contributed by atoms with Crippen molar-refractivity contribution in [3.05, 3.63) is 17.3 Å². The van der Waals surface area contributed by atoms with Crippen molar-refractivity contribution in [2.24, 2.45) is 0 Å². The van der Waals surface area contributed by atoms with Gasteiger partial charge in [0.05, 0.1) is 12.7 Å². The molecule has 0 aliphatic carbocycles. The largest absolute Gasteiger partial charge is 0.573 e. The van der Waals surface area contributed by atoms with Crippen LogP contribution in [-0.2, 0) is 0 Å². The van der Waals surface area contributed by atoms with E-state index >= 15 is 0 Å². The molecule has 0 bridgehead atoms. The maximum absolute atomic E-state index is 12.5. The van der Waals surface area contributed by atoms with Crippen LogP contribution in [0.2, 0.25) is 0 Å². The topological polar surface area (TPSA) is 48.4 Å². The highest BCUT2D eigenvalue weighted by molar-refractivity contribution is 5.75. The van der Waals surface area contributed by atoms with Crippen LogP contribution in [0.15, 0.2) is 6.07 Å². The van der Waals surface area contributed by atoms with Gasteiger partial charge in [0, 0.05) is 0 Å². The second kappa shape index (κ2) is 5.15. The minimum absolute atomic E-state index is 0.0125. The van der Waals surface area contributed by atoms with Crippen molar-refractivity contribution in [2.75, 3.05) is 7.11 Å². The standard InChI is InChI=1S/C9H6F5NO3/c1-17-8-6(18-9(12,13)14)2-4(7(10)11)5(3-16)15-8/h2-3,7H,1H3. The van der Waals surface area contributed by atoms with Gasteiger partial charge in [0.2, 0.25) is 0 Å². The summed E-state index contributed by atoms with van der Waals surface area (Å²) in [7, 11) is 0.961. The third-order valence-corrected chi connectivity index (χ3v) is 1.78. The lowest BCUT2D eigenvalue weighted by molar-refractivity contribution is -0.275. The van der Waals surface area contributed by atoms with Crippen molar-refractivity contribution < 1.29 is 36.2 Å². The maximum Gasteiger partial charge on any atom is 0.573 e. The minimum Gasteiger partial charge on any atom is -0.478 e. The van der Waals surface area contributed by atoms with E-state index in [1.807, 2.05) is 0 Å². The molecule has 0 saturated carbocycles. The number of carbonyl (C=O) groups excluding carboxylic acids is 1. The first kappa shape index (κ1) is 14.1. The molecule has 0 spiro atoms. The summed E-state index contributed by atoms with van der Waals surface area (Å²) in [6.45, 7) is 0. The van der Waals surface area contributed by atoms with Gasteiger partial charge >= 0.3 is 6.36 Å². The van der Waals surface area contributed by atoms with E-state index in [9.17, 15) is 26.7 Å². The molecule has 100 valence electrons. The molecule has 0 unspecified atom stereocenters. The van der Waals surface area contributed by atoms with Gasteiger partial charge in [-0.2, -0.15) is 0 Å². The van der Waals surface area contributed by atoms with Gasteiger partial charge in [-0.3, -0.25) is 4.79 Å². The van der Waals surface area contributed by atoms with Gasteiger partial charge in [-0.1, -0.05) is 0 Å². The van der Waals surface area contributed by atoms with Gasteiger partial charge in [-0.05, 0) is 6.07 Å². The number of halogens is 5. The normalized spacial score (nSPS) is 11.5. The summed E-state index contributed by atoms with van der Waals surface area (Å²) >= 11 is 0. The van der Waals surface area contributed by atoms with Crippen LogP contribution in [0.3, 0.4) is 0 Å². The molecule has 0 aromatic carbocycles. The third kappa shape index (κ3) is 3.28. The number of hydrogen-bond acceptors (Lipinski definition) is 4. The Hall–Kier alpha value is -1.93. The quantitative estimate of drug-likeness (QED) is 0.624. The van der Waals surface area contributed by atoms with Crippen LogP contribution in [0.5, 0.6) is 11.6 Å². The summed E-state index contributed by atoms with van der Waals surface area (Å²) in [6.07, 6.45) is -8.27. The van der Waals surface area contributed by atoms with E-state index in [0.29, 0.717) is 6.07 Å².